The minimum Gasteiger partial charge on any atom is -0.371 e. The van der Waals surface area contributed by atoms with Crippen LogP contribution < -0.4 is 10.2 Å². The van der Waals surface area contributed by atoms with E-state index in [-0.39, 0.29) is 42.5 Å². The molecule has 7 nitrogen and oxygen atoms in total. The Hall–Kier alpha value is -2.96. The fourth-order valence-electron chi connectivity index (χ4n) is 5.57. The van der Waals surface area contributed by atoms with Gasteiger partial charge in [0, 0.05) is 54.9 Å². The van der Waals surface area contributed by atoms with E-state index in [4.69, 9.17) is 0 Å². The molecule has 2 aromatic rings. The molecule has 1 aromatic carbocycles. The maximum Gasteiger partial charge on any atom is 0.233 e. The monoisotopic (exact) mass is 434 g/mol. The molecule has 168 valence electrons. The van der Waals surface area contributed by atoms with Crippen LogP contribution in [0.3, 0.4) is 0 Å². The summed E-state index contributed by atoms with van der Waals surface area (Å²) < 4.78 is 0. The molecule has 3 fully saturated rings. The fourth-order valence-corrected chi connectivity index (χ4v) is 5.57. The Kier molecular flexibility index (Phi) is 5.81. The first-order valence-corrected chi connectivity index (χ1v) is 11.9. The number of carbonyl (C=O) groups is 3. The van der Waals surface area contributed by atoms with E-state index in [1.54, 1.807) is 12.4 Å². The summed E-state index contributed by atoms with van der Waals surface area (Å²) in [5.41, 5.74) is 1.89. The Labute approximate surface area is 188 Å². The minimum atomic E-state index is -0.198. The van der Waals surface area contributed by atoms with E-state index in [9.17, 15) is 14.4 Å². The second-order valence-electron chi connectivity index (χ2n) is 9.22. The van der Waals surface area contributed by atoms with Gasteiger partial charge in [-0.25, -0.2) is 0 Å². The molecule has 3 heterocycles. The summed E-state index contributed by atoms with van der Waals surface area (Å²) in [6, 6.07) is 6.01. The van der Waals surface area contributed by atoms with Gasteiger partial charge in [-0.1, -0.05) is 12.8 Å². The Morgan fingerprint density at radius 1 is 0.938 bits per heavy atom. The van der Waals surface area contributed by atoms with Gasteiger partial charge >= 0.3 is 0 Å². The number of anilines is 2. The summed E-state index contributed by atoms with van der Waals surface area (Å²) >= 11 is 0. The third-order valence-electron chi connectivity index (χ3n) is 7.26. The van der Waals surface area contributed by atoms with Crippen molar-refractivity contribution in [2.75, 3.05) is 29.9 Å². The number of fused-ring (bicyclic) bond motifs is 2. The number of imide groups is 1. The second-order valence-corrected chi connectivity index (χ2v) is 9.22. The van der Waals surface area contributed by atoms with E-state index in [2.05, 4.69) is 21.3 Å². The number of piperidine rings is 1. The van der Waals surface area contributed by atoms with Gasteiger partial charge in [-0.3, -0.25) is 24.3 Å². The first-order chi connectivity index (χ1) is 15.6. The van der Waals surface area contributed by atoms with E-state index in [1.165, 1.54) is 29.8 Å². The quantitative estimate of drug-likeness (QED) is 0.725. The van der Waals surface area contributed by atoms with Crippen molar-refractivity contribution in [3.05, 3.63) is 30.6 Å². The van der Waals surface area contributed by atoms with Crippen molar-refractivity contribution >= 4 is 39.9 Å². The van der Waals surface area contributed by atoms with Crippen molar-refractivity contribution < 1.29 is 14.4 Å². The lowest BCUT2D eigenvalue weighted by Gasteiger charge is -2.30. The number of hydrogen-bond donors (Lipinski definition) is 1. The van der Waals surface area contributed by atoms with Gasteiger partial charge in [0.2, 0.25) is 17.7 Å². The van der Waals surface area contributed by atoms with Crippen LogP contribution in [-0.4, -0.2) is 47.2 Å². The van der Waals surface area contributed by atoms with Gasteiger partial charge in [0.05, 0.1) is 17.5 Å². The lowest BCUT2D eigenvalue weighted by molar-refractivity contribution is -0.140. The summed E-state index contributed by atoms with van der Waals surface area (Å²) in [6.45, 7) is 2.24. The number of rotatable bonds is 5. The molecule has 2 atom stereocenters. The van der Waals surface area contributed by atoms with Crippen LogP contribution in [0.5, 0.6) is 0 Å². The molecular formula is C25H30N4O3. The van der Waals surface area contributed by atoms with Crippen LogP contribution in [0.1, 0.15) is 51.4 Å². The number of nitrogens with one attached hydrogen (secondary N) is 1. The Bertz CT molecular complexity index is 1020. The molecule has 3 aliphatic rings. The first kappa shape index (κ1) is 20.9. The molecule has 0 bridgehead atoms. The molecule has 5 rings (SSSR count). The maximum atomic E-state index is 12.7. The Morgan fingerprint density at radius 2 is 1.66 bits per heavy atom. The lowest BCUT2D eigenvalue weighted by atomic mass is 9.81. The molecule has 3 amide bonds. The molecule has 1 saturated carbocycles. The zero-order valence-corrected chi connectivity index (χ0v) is 18.4. The number of carbonyl (C=O) groups excluding carboxylic acids is 3. The van der Waals surface area contributed by atoms with E-state index in [0.717, 1.165) is 49.5 Å². The zero-order chi connectivity index (χ0) is 22.1. The summed E-state index contributed by atoms with van der Waals surface area (Å²) in [4.78, 5) is 46.0. The van der Waals surface area contributed by atoms with Crippen LogP contribution in [0.2, 0.25) is 0 Å². The average molecular weight is 435 g/mol. The normalized spacial score (nSPS) is 23.5. The predicted octanol–water partition coefficient (Wildman–Crippen LogP) is 3.73. The Morgan fingerprint density at radius 3 is 2.38 bits per heavy atom. The number of benzene rings is 1. The topological polar surface area (TPSA) is 82.6 Å². The van der Waals surface area contributed by atoms with Crippen LogP contribution in [0.25, 0.3) is 10.8 Å². The highest BCUT2D eigenvalue weighted by atomic mass is 16.2. The molecule has 1 aromatic heterocycles. The van der Waals surface area contributed by atoms with Crippen LogP contribution in [0.4, 0.5) is 11.4 Å². The fraction of sp³-hybridized carbons (Fsp3) is 0.520. The van der Waals surface area contributed by atoms with Gasteiger partial charge in [0.15, 0.2) is 0 Å². The van der Waals surface area contributed by atoms with Crippen molar-refractivity contribution in [1.82, 2.24) is 9.88 Å². The standard InChI is InChI=1S/C25H30N4O3/c30-23(11-15-29-24(31)18-6-2-3-7-19(18)25(29)32)27-21-8-9-22(28-13-4-1-5-14-28)17-10-12-26-16-20(17)21/h8-10,12,16,18-19H,1-7,11,13-15H2,(H,27,30). The number of likely N-dealkylation sites (tertiary alicyclic amines) is 1. The number of aromatic nitrogens is 1. The third-order valence-corrected chi connectivity index (χ3v) is 7.26. The highest BCUT2D eigenvalue weighted by Gasteiger charge is 2.47. The largest absolute Gasteiger partial charge is 0.371 e. The number of amides is 3. The number of pyridine rings is 1. The van der Waals surface area contributed by atoms with Crippen molar-refractivity contribution in [2.24, 2.45) is 11.8 Å². The van der Waals surface area contributed by atoms with E-state index in [1.807, 2.05) is 12.1 Å². The van der Waals surface area contributed by atoms with Crippen molar-refractivity contribution in [3.8, 4) is 0 Å². The summed E-state index contributed by atoms with van der Waals surface area (Å²) in [7, 11) is 0. The number of hydrogen-bond acceptors (Lipinski definition) is 5. The molecule has 1 aliphatic carbocycles. The smallest absolute Gasteiger partial charge is 0.233 e. The first-order valence-electron chi connectivity index (χ1n) is 11.9. The van der Waals surface area contributed by atoms with E-state index in [0.29, 0.717) is 5.69 Å². The zero-order valence-electron chi connectivity index (χ0n) is 18.4. The molecule has 7 heteroatoms. The van der Waals surface area contributed by atoms with Crippen molar-refractivity contribution in [1.29, 1.82) is 0 Å². The molecule has 0 spiro atoms. The summed E-state index contributed by atoms with van der Waals surface area (Å²) in [5.74, 6) is -0.717. The van der Waals surface area contributed by atoms with Gasteiger partial charge in [-0.15, -0.1) is 0 Å². The van der Waals surface area contributed by atoms with Gasteiger partial charge in [-0.2, -0.15) is 0 Å². The van der Waals surface area contributed by atoms with Gasteiger partial charge in [-0.05, 0) is 50.3 Å². The van der Waals surface area contributed by atoms with Gasteiger partial charge < -0.3 is 10.2 Å². The maximum absolute atomic E-state index is 12.7. The Balaban J connectivity index is 1.28. The molecule has 32 heavy (non-hydrogen) atoms. The van der Waals surface area contributed by atoms with Gasteiger partial charge in [0.25, 0.3) is 0 Å². The molecule has 2 unspecified atom stereocenters. The minimum absolute atomic E-state index is 0.0898. The number of nitrogens with zero attached hydrogens (tertiary/aromatic N) is 3. The van der Waals surface area contributed by atoms with Gasteiger partial charge in [0.1, 0.15) is 0 Å². The average Bonchev–Trinajstić information content (AvgIpc) is 3.08. The highest BCUT2D eigenvalue weighted by molar-refractivity contribution is 6.07. The predicted molar refractivity (Wildman–Crippen MR) is 123 cm³/mol. The second kappa shape index (κ2) is 8.88. The van der Waals surface area contributed by atoms with Crippen LogP contribution in [0, 0.1) is 11.8 Å². The van der Waals surface area contributed by atoms with Crippen LogP contribution in [0.15, 0.2) is 30.6 Å². The summed E-state index contributed by atoms with van der Waals surface area (Å²) in [6.07, 6.45) is 10.9. The van der Waals surface area contributed by atoms with Crippen molar-refractivity contribution in [3.63, 3.8) is 0 Å². The summed E-state index contributed by atoms with van der Waals surface area (Å²) in [5, 5.41) is 4.97. The molecule has 2 aliphatic heterocycles. The SMILES string of the molecule is O=C(CCN1C(=O)C2CCCCC2C1=O)Nc1ccc(N2CCCCC2)c2ccncc12. The molecular weight excluding hydrogens is 404 g/mol. The lowest BCUT2D eigenvalue weighted by Crippen LogP contribution is -2.34. The van der Waals surface area contributed by atoms with Crippen LogP contribution >= 0.6 is 0 Å². The van der Waals surface area contributed by atoms with E-state index >= 15 is 0 Å². The van der Waals surface area contributed by atoms with E-state index < -0.39 is 0 Å². The van der Waals surface area contributed by atoms with Crippen LogP contribution in [-0.2, 0) is 14.4 Å². The van der Waals surface area contributed by atoms with Crippen molar-refractivity contribution in [2.45, 2.75) is 51.4 Å². The molecule has 2 saturated heterocycles. The molecule has 0 radical (unpaired) electrons. The third kappa shape index (κ3) is 3.85. The highest BCUT2D eigenvalue weighted by Crippen LogP contribution is 2.38. The molecule has 1 N–H and O–H groups in total.